The number of benzene rings is 2. The van der Waals surface area contributed by atoms with Crippen LogP contribution in [0.15, 0.2) is 60.7 Å². The van der Waals surface area contributed by atoms with Crippen LogP contribution in [0, 0.1) is 12.1 Å². The number of carbonyl (C=O) groups excluding carboxylic acids is 1. The van der Waals surface area contributed by atoms with Gasteiger partial charge in [-0.2, -0.15) is 9.41 Å². The van der Waals surface area contributed by atoms with Gasteiger partial charge < -0.3 is 24.0 Å². The highest BCUT2D eigenvalue weighted by atomic mass is 35.5. The second kappa shape index (κ2) is 15.6. The van der Waals surface area contributed by atoms with E-state index in [2.05, 4.69) is 27.4 Å². The number of nitrogens with zero attached hydrogens (tertiary/aromatic N) is 7. The van der Waals surface area contributed by atoms with Crippen LogP contribution in [-0.4, -0.2) is 56.4 Å². The Labute approximate surface area is 284 Å². The zero-order valence-corrected chi connectivity index (χ0v) is 28.8. The van der Waals surface area contributed by atoms with E-state index < -0.39 is 12.1 Å². The third-order valence-electron chi connectivity index (χ3n) is 8.27. The van der Waals surface area contributed by atoms with Crippen molar-refractivity contribution >= 4 is 17.4 Å². The van der Waals surface area contributed by atoms with Gasteiger partial charge in [-0.05, 0) is 53.5 Å². The Balaban J connectivity index is 1.49. The maximum absolute atomic E-state index is 14.0. The first kappa shape index (κ1) is 34.8. The van der Waals surface area contributed by atoms with Crippen molar-refractivity contribution in [1.29, 1.82) is 0 Å². The van der Waals surface area contributed by atoms with Gasteiger partial charge >= 0.3 is 0 Å². The fraction of sp³-hybridized carbons (Fsp3) is 0.371. The van der Waals surface area contributed by atoms with Crippen LogP contribution >= 0.6 is 11.6 Å². The number of hydrogen-bond donors (Lipinski definition) is 0. The number of imidazole rings is 1. The van der Waals surface area contributed by atoms with Crippen LogP contribution in [0.1, 0.15) is 85.0 Å². The van der Waals surface area contributed by atoms with E-state index in [1.54, 1.807) is 17.7 Å². The van der Waals surface area contributed by atoms with Crippen molar-refractivity contribution in [3.8, 4) is 22.5 Å². The van der Waals surface area contributed by atoms with Gasteiger partial charge in [0.2, 0.25) is 0 Å². The number of hydrogen-bond acceptors (Lipinski definition) is 9. The maximum atomic E-state index is 14.0. The number of tetrazole rings is 1. The summed E-state index contributed by atoms with van der Waals surface area (Å²) in [4.78, 5) is 18.6. The number of rotatable bonds is 15. The van der Waals surface area contributed by atoms with Crippen molar-refractivity contribution in [1.82, 2.24) is 29.8 Å². The van der Waals surface area contributed by atoms with Crippen LogP contribution in [0.5, 0.6) is 0 Å². The van der Waals surface area contributed by atoms with Gasteiger partial charge in [0.15, 0.2) is 29.2 Å². The summed E-state index contributed by atoms with van der Waals surface area (Å²) in [5.74, 6) is 0.765. The number of aromatic nitrogens is 7. The van der Waals surface area contributed by atoms with Gasteiger partial charge in [-0.25, -0.2) is 4.98 Å². The molecule has 1 unspecified atom stereocenters. The highest BCUT2D eigenvalue weighted by Gasteiger charge is 2.31. The number of methoxy groups -OCH3 is 2. The minimum Gasteiger partial charge on any atom is -0.618 e. The molecule has 0 aliphatic carbocycles. The Morgan fingerprint density at radius 3 is 2.40 bits per heavy atom. The third kappa shape index (κ3) is 7.02. The number of halogens is 1. The van der Waals surface area contributed by atoms with Crippen molar-refractivity contribution in [2.75, 3.05) is 20.8 Å². The summed E-state index contributed by atoms with van der Waals surface area (Å²) in [6.07, 6.45) is 1.36. The molecule has 0 aliphatic heterocycles. The molecule has 2 aromatic carbocycles. The molecule has 0 fully saturated rings. The Bertz CT molecular complexity index is 1870. The van der Waals surface area contributed by atoms with E-state index in [1.807, 2.05) is 66.9 Å². The lowest BCUT2D eigenvalue weighted by molar-refractivity contribution is -0.615. The molecule has 0 bridgehead atoms. The van der Waals surface area contributed by atoms with E-state index in [9.17, 15) is 10.0 Å². The molecule has 3 aromatic heterocycles. The summed E-state index contributed by atoms with van der Waals surface area (Å²) in [5, 5.41) is 25.8. The maximum Gasteiger partial charge on any atom is 0.277 e. The van der Waals surface area contributed by atoms with Gasteiger partial charge in [-0.15, -0.1) is 5.10 Å². The number of ketones is 1. The Kier molecular flexibility index (Phi) is 11.3. The molecule has 3 heterocycles. The average Bonchev–Trinajstić information content (AvgIpc) is 3.71. The number of carbonyl (C=O) groups is 1. The quantitative estimate of drug-likeness (QED) is 0.0546. The van der Waals surface area contributed by atoms with Gasteiger partial charge in [0.25, 0.3) is 11.5 Å². The first-order chi connectivity index (χ1) is 23.2. The lowest BCUT2D eigenvalue weighted by Crippen LogP contribution is -2.40. The molecular weight excluding hydrogens is 634 g/mol. The third-order valence-corrected chi connectivity index (χ3v) is 8.53. The van der Waals surface area contributed by atoms with E-state index in [1.165, 1.54) is 20.3 Å². The van der Waals surface area contributed by atoms with Gasteiger partial charge in [0.1, 0.15) is 11.5 Å². The zero-order chi connectivity index (χ0) is 34.4. The number of ether oxygens (including phenoxy) is 3. The molecule has 252 valence electrons. The molecule has 12 nitrogen and oxygen atoms in total. The number of unbranched alkanes of at least 4 members (excludes halogenated alkanes) is 1. The van der Waals surface area contributed by atoms with E-state index in [0.29, 0.717) is 47.2 Å². The Morgan fingerprint density at radius 2 is 1.73 bits per heavy atom. The highest BCUT2D eigenvalue weighted by Crippen LogP contribution is 2.32. The summed E-state index contributed by atoms with van der Waals surface area (Å²) < 4.78 is 20.5. The van der Waals surface area contributed by atoms with E-state index in [4.69, 9.17) is 25.8 Å². The normalized spacial score (nSPS) is 12.2. The predicted molar refractivity (Wildman–Crippen MR) is 180 cm³/mol. The molecule has 48 heavy (non-hydrogen) atoms. The van der Waals surface area contributed by atoms with Crippen LogP contribution in [0.3, 0.4) is 0 Å². The van der Waals surface area contributed by atoms with Crippen LogP contribution in [0.4, 0.5) is 0 Å². The summed E-state index contributed by atoms with van der Waals surface area (Å²) in [5.41, 5.74) is 4.63. The topological polar surface area (TPSA) is 133 Å². The Morgan fingerprint density at radius 1 is 1.02 bits per heavy atom. The average molecular weight is 674 g/mol. The van der Waals surface area contributed by atoms with E-state index in [-0.39, 0.29) is 22.8 Å². The molecule has 0 spiro atoms. The molecule has 0 saturated carbocycles. The monoisotopic (exact) mass is 673 g/mol. The highest BCUT2D eigenvalue weighted by molar-refractivity contribution is 6.33. The minimum absolute atomic E-state index is 0.0593. The van der Waals surface area contributed by atoms with Gasteiger partial charge in [-0.3, -0.25) is 4.79 Å². The SMILES string of the molecule is CCCCc1nc(Cl)c(C(=O)c2ccc(C(OC)OC)c(C)[n+]2[O-])n1Cc1ccc(-c2ccccc2-c2nnnn2C(C)OCC)cc1. The minimum atomic E-state index is -0.743. The summed E-state index contributed by atoms with van der Waals surface area (Å²) in [6, 6.07) is 19.1. The Hall–Kier alpha value is -4.49. The van der Waals surface area contributed by atoms with Crippen molar-refractivity contribution in [2.45, 2.75) is 66.0 Å². The molecule has 0 radical (unpaired) electrons. The molecule has 5 rings (SSSR count). The lowest BCUT2D eigenvalue weighted by Gasteiger charge is -2.17. The molecule has 5 aromatic rings. The van der Waals surface area contributed by atoms with Crippen LogP contribution in [0.2, 0.25) is 5.15 Å². The molecule has 0 N–H and O–H groups in total. The standard InChI is InChI=1S/C35H40ClN7O5/c1-7-9-14-30-37-33(36)31(32(44)29-20-19-26(22(3)43(29)45)35(46-5)47-6)41(30)21-24-15-17-25(18-16-24)27-12-10-11-13-28(27)34-38-39-40-42(34)23(4)48-8-2/h10-13,15-20,23,35H,7-9,14,21H2,1-6H3. The lowest BCUT2D eigenvalue weighted by atomic mass is 9.98. The fourth-order valence-corrected chi connectivity index (χ4v) is 6.04. The van der Waals surface area contributed by atoms with E-state index in [0.717, 1.165) is 35.1 Å². The number of aryl methyl sites for hydroxylation is 1. The van der Waals surface area contributed by atoms with Crippen molar-refractivity contribution in [3.63, 3.8) is 0 Å². The van der Waals surface area contributed by atoms with Crippen molar-refractivity contribution < 1.29 is 23.7 Å². The molecule has 13 heteroatoms. The van der Waals surface area contributed by atoms with Crippen molar-refractivity contribution in [3.05, 3.63) is 105 Å². The van der Waals surface area contributed by atoms with Crippen molar-refractivity contribution in [2.24, 2.45) is 0 Å². The fourth-order valence-electron chi connectivity index (χ4n) is 5.75. The summed E-state index contributed by atoms with van der Waals surface area (Å²) in [6.45, 7) is 8.41. The predicted octanol–water partition coefficient (Wildman–Crippen LogP) is 6.27. The molecule has 1 atom stereocenters. The summed E-state index contributed by atoms with van der Waals surface area (Å²) in [7, 11) is 2.97. The zero-order valence-electron chi connectivity index (χ0n) is 28.0. The van der Waals surface area contributed by atoms with Gasteiger partial charge in [0, 0.05) is 52.3 Å². The van der Waals surface area contributed by atoms with E-state index >= 15 is 0 Å². The van der Waals surface area contributed by atoms with Crippen LogP contribution in [0.25, 0.3) is 22.5 Å². The molecule has 0 saturated heterocycles. The second-order valence-corrected chi connectivity index (χ2v) is 11.6. The van der Waals surface area contributed by atoms with Gasteiger partial charge in [0.05, 0.1) is 5.56 Å². The van der Waals surface area contributed by atoms with Crippen LogP contribution < -0.4 is 4.73 Å². The largest absolute Gasteiger partial charge is 0.618 e. The van der Waals surface area contributed by atoms with Crippen LogP contribution in [-0.2, 0) is 27.2 Å². The molecular formula is C35H40ClN7O5. The smallest absolute Gasteiger partial charge is 0.277 e. The molecule has 0 aliphatic rings. The molecule has 0 amide bonds. The first-order valence-corrected chi connectivity index (χ1v) is 16.3. The number of pyridine rings is 1. The first-order valence-electron chi connectivity index (χ1n) is 15.9. The summed E-state index contributed by atoms with van der Waals surface area (Å²) >= 11 is 6.65. The second-order valence-electron chi connectivity index (χ2n) is 11.3. The van der Waals surface area contributed by atoms with Gasteiger partial charge in [-0.1, -0.05) is 73.5 Å².